The number of carbonyl (C=O) groups is 1. The second-order valence-electron chi connectivity index (χ2n) is 6.22. The molecule has 2 aromatic heterocycles. The molecule has 142 valence electrons. The molecule has 0 amide bonds. The van der Waals surface area contributed by atoms with Gasteiger partial charge in [0.05, 0.1) is 21.8 Å². The fraction of sp³-hybridized carbons (Fsp3) is 0.350. The number of fused-ring (bicyclic) bond motifs is 1. The van der Waals surface area contributed by atoms with Crippen LogP contribution < -0.4 is 5.56 Å². The second-order valence-corrected chi connectivity index (χ2v) is 8.02. The van der Waals surface area contributed by atoms with Crippen molar-refractivity contribution in [2.75, 3.05) is 0 Å². The standard InChI is InChI=1S/C20H21ClN2O3S/c1-2-3-12-23-17-7-5-4-6-15(17)22-16(20(23)25)9-11-19(24)26-13-14-8-10-18(21)27-14/h4-8,10H,2-3,9,11-13H2,1H3. The first kappa shape index (κ1) is 19.6. The van der Waals surface area contributed by atoms with E-state index < -0.39 is 0 Å². The van der Waals surface area contributed by atoms with Crippen molar-refractivity contribution in [1.29, 1.82) is 0 Å². The minimum absolute atomic E-state index is 0.119. The molecule has 0 saturated carbocycles. The van der Waals surface area contributed by atoms with Crippen LogP contribution in [0.2, 0.25) is 4.34 Å². The third-order valence-electron chi connectivity index (χ3n) is 4.23. The maximum absolute atomic E-state index is 12.8. The molecule has 27 heavy (non-hydrogen) atoms. The Morgan fingerprint density at radius 3 is 2.81 bits per heavy atom. The van der Waals surface area contributed by atoms with Crippen LogP contribution >= 0.6 is 22.9 Å². The third kappa shape index (κ3) is 4.96. The van der Waals surface area contributed by atoms with Crippen LogP contribution in [0.4, 0.5) is 0 Å². The van der Waals surface area contributed by atoms with Crippen molar-refractivity contribution in [3.05, 3.63) is 61.7 Å². The number of benzene rings is 1. The first-order valence-corrected chi connectivity index (χ1v) is 10.2. The summed E-state index contributed by atoms with van der Waals surface area (Å²) >= 11 is 7.25. The number of unbranched alkanes of at least 4 members (excludes halogenated alkanes) is 1. The summed E-state index contributed by atoms with van der Waals surface area (Å²) in [5.41, 5.74) is 1.88. The van der Waals surface area contributed by atoms with Crippen LogP contribution in [0, 0.1) is 0 Å². The molecular weight excluding hydrogens is 384 g/mol. The lowest BCUT2D eigenvalue weighted by Gasteiger charge is -2.11. The number of esters is 1. The van der Waals surface area contributed by atoms with Gasteiger partial charge in [0.2, 0.25) is 0 Å². The van der Waals surface area contributed by atoms with Crippen LogP contribution in [0.1, 0.15) is 36.8 Å². The maximum atomic E-state index is 12.8. The van der Waals surface area contributed by atoms with Crippen molar-refractivity contribution in [3.63, 3.8) is 0 Å². The van der Waals surface area contributed by atoms with E-state index in [1.54, 1.807) is 10.6 Å². The van der Waals surface area contributed by atoms with Crippen LogP contribution in [0.3, 0.4) is 0 Å². The van der Waals surface area contributed by atoms with Crippen molar-refractivity contribution < 1.29 is 9.53 Å². The van der Waals surface area contributed by atoms with Crippen LogP contribution in [0.5, 0.6) is 0 Å². The van der Waals surface area contributed by atoms with Gasteiger partial charge in [-0.3, -0.25) is 9.59 Å². The summed E-state index contributed by atoms with van der Waals surface area (Å²) in [4.78, 5) is 30.2. The van der Waals surface area contributed by atoms with Crippen LogP contribution in [0.25, 0.3) is 11.0 Å². The lowest BCUT2D eigenvalue weighted by molar-refractivity contribution is -0.144. The molecule has 0 aliphatic rings. The summed E-state index contributed by atoms with van der Waals surface area (Å²) in [5.74, 6) is -0.353. The zero-order valence-corrected chi connectivity index (χ0v) is 16.7. The zero-order valence-electron chi connectivity index (χ0n) is 15.1. The van der Waals surface area contributed by atoms with Gasteiger partial charge in [-0.25, -0.2) is 4.98 Å². The molecule has 0 aliphatic carbocycles. The molecule has 7 heteroatoms. The highest BCUT2D eigenvalue weighted by atomic mass is 35.5. The van der Waals surface area contributed by atoms with E-state index in [9.17, 15) is 9.59 Å². The number of nitrogens with zero attached hydrogens (tertiary/aromatic N) is 2. The Hall–Kier alpha value is -2.18. The number of halogens is 1. The molecule has 0 saturated heterocycles. The van der Waals surface area contributed by atoms with Gasteiger partial charge < -0.3 is 9.30 Å². The van der Waals surface area contributed by atoms with E-state index in [1.807, 2.05) is 30.3 Å². The van der Waals surface area contributed by atoms with E-state index in [0.29, 0.717) is 16.6 Å². The Balaban J connectivity index is 1.71. The quantitative estimate of drug-likeness (QED) is 0.515. The Bertz CT molecular complexity index is 996. The topological polar surface area (TPSA) is 61.2 Å². The summed E-state index contributed by atoms with van der Waals surface area (Å²) < 4.78 is 7.69. The molecule has 0 atom stereocenters. The van der Waals surface area contributed by atoms with Crippen molar-refractivity contribution in [1.82, 2.24) is 9.55 Å². The van der Waals surface area contributed by atoms with Crippen molar-refractivity contribution in [2.24, 2.45) is 0 Å². The predicted molar refractivity (Wildman–Crippen MR) is 108 cm³/mol. The molecule has 0 radical (unpaired) electrons. The van der Waals surface area contributed by atoms with Gasteiger partial charge in [-0.15, -0.1) is 11.3 Å². The molecule has 2 heterocycles. The molecule has 0 aliphatic heterocycles. The minimum atomic E-state index is -0.353. The van der Waals surface area contributed by atoms with Crippen molar-refractivity contribution in [2.45, 2.75) is 45.8 Å². The third-order valence-corrected chi connectivity index (χ3v) is 5.43. The number of rotatable bonds is 8. The van der Waals surface area contributed by atoms with E-state index >= 15 is 0 Å². The van der Waals surface area contributed by atoms with E-state index in [-0.39, 0.29) is 31.0 Å². The van der Waals surface area contributed by atoms with E-state index in [2.05, 4.69) is 11.9 Å². The number of aryl methyl sites for hydroxylation is 2. The number of ether oxygens (including phenoxy) is 1. The van der Waals surface area contributed by atoms with Gasteiger partial charge in [0.25, 0.3) is 5.56 Å². The van der Waals surface area contributed by atoms with Gasteiger partial charge in [0, 0.05) is 17.8 Å². The molecule has 5 nitrogen and oxygen atoms in total. The molecule has 3 rings (SSSR count). The average molecular weight is 405 g/mol. The Morgan fingerprint density at radius 1 is 1.26 bits per heavy atom. The first-order valence-electron chi connectivity index (χ1n) is 8.96. The summed E-state index contributed by atoms with van der Waals surface area (Å²) in [6, 6.07) is 11.2. The number of aromatic nitrogens is 2. The van der Waals surface area contributed by atoms with Crippen LogP contribution in [0.15, 0.2) is 41.2 Å². The SMILES string of the molecule is CCCCn1c(=O)c(CCC(=O)OCc2ccc(Cl)s2)nc2ccccc21. The molecular formula is C20H21ClN2O3S. The minimum Gasteiger partial charge on any atom is -0.460 e. The maximum Gasteiger partial charge on any atom is 0.306 e. The van der Waals surface area contributed by atoms with Crippen LogP contribution in [-0.4, -0.2) is 15.5 Å². The Labute approximate surface area is 166 Å². The lowest BCUT2D eigenvalue weighted by atomic mass is 10.2. The summed E-state index contributed by atoms with van der Waals surface area (Å²) in [6.45, 7) is 2.93. The fourth-order valence-corrected chi connectivity index (χ4v) is 3.82. The Kier molecular flexibility index (Phi) is 6.63. The number of para-hydroxylation sites is 2. The highest BCUT2D eigenvalue weighted by Gasteiger charge is 2.13. The monoisotopic (exact) mass is 404 g/mol. The number of carbonyl (C=O) groups excluding carboxylic acids is 1. The lowest BCUT2D eigenvalue weighted by Crippen LogP contribution is -2.26. The highest BCUT2D eigenvalue weighted by Crippen LogP contribution is 2.22. The highest BCUT2D eigenvalue weighted by molar-refractivity contribution is 7.16. The summed E-state index contributed by atoms with van der Waals surface area (Å²) in [6.07, 6.45) is 2.30. The molecule has 3 aromatic rings. The summed E-state index contributed by atoms with van der Waals surface area (Å²) in [7, 11) is 0. The first-order chi connectivity index (χ1) is 13.1. The van der Waals surface area contributed by atoms with Crippen LogP contribution in [-0.2, 0) is 29.1 Å². The molecule has 0 bridgehead atoms. The number of hydrogen-bond acceptors (Lipinski definition) is 5. The number of thiophene rings is 1. The average Bonchev–Trinajstić information content (AvgIpc) is 3.09. The van der Waals surface area contributed by atoms with Gasteiger partial charge in [-0.1, -0.05) is 37.1 Å². The Morgan fingerprint density at radius 2 is 2.07 bits per heavy atom. The van der Waals surface area contributed by atoms with E-state index in [4.69, 9.17) is 16.3 Å². The fourth-order valence-electron chi connectivity index (χ4n) is 2.82. The molecule has 0 unspecified atom stereocenters. The molecule has 1 aromatic carbocycles. The van der Waals surface area contributed by atoms with E-state index in [0.717, 1.165) is 28.8 Å². The molecule has 0 fully saturated rings. The van der Waals surface area contributed by atoms with Gasteiger partial charge in [0.1, 0.15) is 12.3 Å². The smallest absolute Gasteiger partial charge is 0.306 e. The normalized spacial score (nSPS) is 11.0. The second kappa shape index (κ2) is 9.15. The molecule has 0 spiro atoms. The van der Waals surface area contributed by atoms with Crippen molar-refractivity contribution >= 4 is 39.9 Å². The van der Waals surface area contributed by atoms with Gasteiger partial charge in [-0.05, 0) is 30.7 Å². The van der Waals surface area contributed by atoms with Gasteiger partial charge >= 0.3 is 5.97 Å². The largest absolute Gasteiger partial charge is 0.460 e. The predicted octanol–water partition coefficient (Wildman–Crippen LogP) is 4.59. The summed E-state index contributed by atoms with van der Waals surface area (Å²) in [5, 5.41) is 0. The van der Waals surface area contributed by atoms with Gasteiger partial charge in [0.15, 0.2) is 0 Å². The zero-order chi connectivity index (χ0) is 19.2. The van der Waals surface area contributed by atoms with E-state index in [1.165, 1.54) is 11.3 Å². The van der Waals surface area contributed by atoms with Crippen molar-refractivity contribution in [3.8, 4) is 0 Å². The number of hydrogen-bond donors (Lipinski definition) is 0. The molecule has 0 N–H and O–H groups in total. The van der Waals surface area contributed by atoms with Gasteiger partial charge in [-0.2, -0.15) is 0 Å².